The molecule has 0 aliphatic carbocycles. The van der Waals surface area contributed by atoms with E-state index < -0.39 is 0 Å². The molecule has 0 fully saturated rings. The van der Waals surface area contributed by atoms with E-state index in [1.165, 1.54) is 14.7 Å². The molecule has 0 bridgehead atoms. The molecule has 0 saturated heterocycles. The van der Waals surface area contributed by atoms with Crippen molar-refractivity contribution in [2.45, 2.75) is 12.5 Å². The summed E-state index contributed by atoms with van der Waals surface area (Å²) in [5.41, 5.74) is 5.51. The minimum Gasteiger partial charge on any atom is -0.349 e. The third kappa shape index (κ3) is 9.37. The fraction of sp³-hybridized carbons (Fsp3) is 0.812. The monoisotopic (exact) mass is 358 g/mol. The molecule has 0 saturated carbocycles. The Kier molecular flexibility index (Phi) is 11.0. The summed E-state index contributed by atoms with van der Waals surface area (Å²) in [6.45, 7) is 1.69. The van der Waals surface area contributed by atoms with Crippen molar-refractivity contribution in [1.29, 1.82) is 0 Å². The van der Waals surface area contributed by atoms with Crippen LogP contribution >= 0.6 is 0 Å². The van der Waals surface area contributed by atoms with Crippen LogP contribution in [0.1, 0.15) is 6.42 Å². The molecular weight excluding hydrogens is 324 g/mol. The number of rotatable bonds is 11. The lowest BCUT2D eigenvalue weighted by Crippen LogP contribution is -2.52. The van der Waals surface area contributed by atoms with E-state index in [0.29, 0.717) is 19.6 Å². The minimum atomic E-state index is -0.283. The number of hydrogen-bond donors (Lipinski definition) is 2. The van der Waals surface area contributed by atoms with Gasteiger partial charge in [-0.25, -0.2) is 0 Å². The summed E-state index contributed by atoms with van der Waals surface area (Å²) in [6, 6.07) is -0.283. The molecule has 0 spiro atoms. The lowest BCUT2D eigenvalue weighted by molar-refractivity contribution is -0.137. The first-order valence-corrected chi connectivity index (χ1v) is 8.35. The molecule has 3 amide bonds. The number of likely N-dealkylation sites (N-methyl/N-ethyl adjacent to an activating group) is 2. The van der Waals surface area contributed by atoms with Crippen molar-refractivity contribution < 1.29 is 14.4 Å². The second kappa shape index (κ2) is 11.8. The molecule has 0 rings (SSSR count). The van der Waals surface area contributed by atoms with Gasteiger partial charge in [0.2, 0.25) is 17.7 Å². The van der Waals surface area contributed by atoms with Crippen molar-refractivity contribution in [3.05, 3.63) is 0 Å². The Balaban J connectivity index is 5.32. The van der Waals surface area contributed by atoms with Gasteiger partial charge in [-0.2, -0.15) is 0 Å². The molecule has 0 radical (unpaired) electrons. The maximum absolute atomic E-state index is 12.2. The van der Waals surface area contributed by atoms with Gasteiger partial charge in [0, 0.05) is 74.4 Å². The number of carbonyl (C=O) groups is 3. The summed E-state index contributed by atoms with van der Waals surface area (Å²) >= 11 is 0. The lowest BCUT2D eigenvalue weighted by Gasteiger charge is -2.32. The van der Waals surface area contributed by atoms with Crippen LogP contribution in [0.2, 0.25) is 0 Å². The lowest BCUT2D eigenvalue weighted by atomic mass is 10.1. The second-order valence-electron chi connectivity index (χ2n) is 6.62. The van der Waals surface area contributed by atoms with Crippen LogP contribution in [0.15, 0.2) is 0 Å². The Morgan fingerprint density at radius 2 is 1.28 bits per heavy atom. The average Bonchev–Trinajstić information content (AvgIpc) is 2.52. The van der Waals surface area contributed by atoms with Gasteiger partial charge >= 0.3 is 0 Å². The van der Waals surface area contributed by atoms with Crippen LogP contribution in [0.5, 0.6) is 0 Å². The van der Waals surface area contributed by atoms with Crippen molar-refractivity contribution in [2.75, 3.05) is 75.0 Å². The van der Waals surface area contributed by atoms with Crippen LogP contribution in [-0.2, 0) is 14.4 Å². The highest BCUT2D eigenvalue weighted by atomic mass is 16.2. The van der Waals surface area contributed by atoms with Gasteiger partial charge in [0.05, 0.1) is 13.1 Å². The Morgan fingerprint density at radius 3 is 1.64 bits per heavy atom. The van der Waals surface area contributed by atoms with E-state index in [0.717, 1.165) is 0 Å². The minimum absolute atomic E-state index is 0.0563. The number of nitrogens with zero attached hydrogens (tertiary/aromatic N) is 4. The molecule has 9 heteroatoms. The van der Waals surface area contributed by atoms with Crippen molar-refractivity contribution >= 4 is 17.7 Å². The first-order chi connectivity index (χ1) is 11.6. The van der Waals surface area contributed by atoms with E-state index >= 15 is 0 Å². The highest BCUT2D eigenvalue weighted by Gasteiger charge is 2.27. The van der Waals surface area contributed by atoms with Crippen LogP contribution in [0.25, 0.3) is 0 Å². The number of hydrogen-bond acceptors (Lipinski definition) is 6. The zero-order chi connectivity index (χ0) is 19.6. The molecule has 0 aromatic carbocycles. The second-order valence-corrected chi connectivity index (χ2v) is 6.62. The van der Waals surface area contributed by atoms with Gasteiger partial charge in [0.25, 0.3) is 0 Å². The van der Waals surface area contributed by atoms with Crippen molar-refractivity contribution in [3.63, 3.8) is 0 Å². The van der Waals surface area contributed by atoms with Gasteiger partial charge in [-0.3, -0.25) is 19.3 Å². The average molecular weight is 358 g/mol. The van der Waals surface area contributed by atoms with E-state index in [2.05, 4.69) is 5.32 Å². The van der Waals surface area contributed by atoms with Gasteiger partial charge in [0.15, 0.2) is 0 Å². The van der Waals surface area contributed by atoms with Crippen LogP contribution in [0.4, 0.5) is 0 Å². The van der Waals surface area contributed by atoms with Gasteiger partial charge in [-0.15, -0.1) is 0 Å². The van der Waals surface area contributed by atoms with Gasteiger partial charge < -0.3 is 25.8 Å². The first kappa shape index (κ1) is 23.3. The maximum Gasteiger partial charge on any atom is 0.236 e. The number of nitrogens with one attached hydrogen (secondary N) is 1. The third-order valence-electron chi connectivity index (χ3n) is 3.80. The molecule has 1 unspecified atom stereocenters. The summed E-state index contributed by atoms with van der Waals surface area (Å²) in [5, 5.41) is 3.18. The van der Waals surface area contributed by atoms with E-state index in [4.69, 9.17) is 5.73 Å². The highest BCUT2D eigenvalue weighted by molar-refractivity contribution is 5.81. The zero-order valence-corrected chi connectivity index (χ0v) is 16.4. The Labute approximate surface area is 151 Å². The molecule has 9 nitrogen and oxygen atoms in total. The summed E-state index contributed by atoms with van der Waals surface area (Å²) in [7, 11) is 10.0. The zero-order valence-electron chi connectivity index (χ0n) is 16.4. The fourth-order valence-corrected chi connectivity index (χ4v) is 2.03. The molecule has 1 atom stereocenters. The van der Waals surface area contributed by atoms with Crippen LogP contribution in [0.3, 0.4) is 0 Å². The normalized spacial score (nSPS) is 12.0. The fourth-order valence-electron chi connectivity index (χ4n) is 2.03. The number of nitrogens with two attached hydrogens (primary N) is 1. The van der Waals surface area contributed by atoms with E-state index in [9.17, 15) is 14.4 Å². The van der Waals surface area contributed by atoms with Crippen LogP contribution in [0, 0.1) is 0 Å². The molecule has 25 heavy (non-hydrogen) atoms. The topological polar surface area (TPSA) is 102 Å². The summed E-state index contributed by atoms with van der Waals surface area (Å²) in [4.78, 5) is 42.8. The van der Waals surface area contributed by atoms with Crippen molar-refractivity contribution in [1.82, 2.24) is 24.9 Å². The molecule has 0 aliphatic heterocycles. The molecule has 3 N–H and O–H groups in total. The van der Waals surface area contributed by atoms with Crippen LogP contribution in [-0.4, -0.2) is 118 Å². The first-order valence-electron chi connectivity index (χ1n) is 8.35. The van der Waals surface area contributed by atoms with E-state index in [1.807, 2.05) is 0 Å². The SMILES string of the molecule is CN(C)C(=O)CC(CNCCN)N(CC(=O)N(C)C)CC(=O)N(C)C. The summed E-state index contributed by atoms with van der Waals surface area (Å²) < 4.78 is 0. The van der Waals surface area contributed by atoms with Crippen molar-refractivity contribution in [2.24, 2.45) is 5.73 Å². The molecule has 146 valence electrons. The van der Waals surface area contributed by atoms with Gasteiger partial charge in [-0.05, 0) is 0 Å². The Bertz CT molecular complexity index is 418. The predicted molar refractivity (Wildman–Crippen MR) is 98.0 cm³/mol. The third-order valence-corrected chi connectivity index (χ3v) is 3.80. The number of amides is 3. The summed E-state index contributed by atoms with van der Waals surface area (Å²) in [5.74, 6) is -0.292. The van der Waals surface area contributed by atoms with Gasteiger partial charge in [0.1, 0.15) is 0 Å². The molecular formula is C16H34N6O3. The smallest absolute Gasteiger partial charge is 0.236 e. The highest BCUT2D eigenvalue weighted by Crippen LogP contribution is 2.07. The van der Waals surface area contributed by atoms with Gasteiger partial charge in [-0.1, -0.05) is 0 Å². The predicted octanol–water partition coefficient (Wildman–Crippen LogP) is -2.14. The van der Waals surface area contributed by atoms with Crippen molar-refractivity contribution in [3.8, 4) is 0 Å². The Hall–Kier alpha value is -1.71. The standard InChI is InChI=1S/C16H34N6O3/c1-19(2)14(23)9-13(10-18-8-7-17)22(11-15(24)20(3)4)12-16(25)21(5)6/h13,18H,7-12,17H2,1-6H3. The van der Waals surface area contributed by atoms with Crippen LogP contribution < -0.4 is 11.1 Å². The summed E-state index contributed by atoms with van der Waals surface area (Å²) in [6.07, 6.45) is 0.214. The maximum atomic E-state index is 12.2. The van der Waals surface area contributed by atoms with E-state index in [1.54, 1.807) is 47.2 Å². The number of carbonyl (C=O) groups excluding carboxylic acids is 3. The molecule has 0 heterocycles. The molecule has 0 aromatic heterocycles. The molecule has 0 aliphatic rings. The Morgan fingerprint density at radius 1 is 0.840 bits per heavy atom. The van der Waals surface area contributed by atoms with E-state index in [-0.39, 0.29) is 43.3 Å². The molecule has 0 aromatic rings. The largest absolute Gasteiger partial charge is 0.349 e. The quantitative estimate of drug-likeness (QED) is 0.409.